The molecule has 1 aliphatic rings. The SMILES string of the molecule is CC1[CH-][C@@]1(C)S(=O)(=O)c1ccccc1.[Y]. The summed E-state index contributed by atoms with van der Waals surface area (Å²) >= 11 is 0. The predicted octanol–water partition coefficient (Wildman–Crippen LogP) is 2.07. The van der Waals surface area contributed by atoms with E-state index in [2.05, 4.69) is 0 Å². The van der Waals surface area contributed by atoms with Crippen LogP contribution in [-0.4, -0.2) is 13.2 Å². The summed E-state index contributed by atoms with van der Waals surface area (Å²) in [5.41, 5.74) is 0. The Morgan fingerprint density at radius 2 is 1.73 bits per heavy atom. The van der Waals surface area contributed by atoms with E-state index in [1.54, 1.807) is 31.2 Å². The van der Waals surface area contributed by atoms with Gasteiger partial charge in [0.25, 0.3) is 0 Å². The Hall–Kier alpha value is 0.274. The van der Waals surface area contributed by atoms with Crippen LogP contribution in [0.25, 0.3) is 0 Å². The molecule has 1 aromatic carbocycles. The monoisotopic (exact) mass is 298 g/mol. The van der Waals surface area contributed by atoms with E-state index in [0.717, 1.165) is 0 Å². The standard InChI is InChI=1S/C11H13O2S.Y/c1-9-8-11(9,2)14(12,13)10-6-4-3-5-7-10;/h3-9H,1-2H3;/q-1;/t9?,11-;/m1./s1. The van der Waals surface area contributed by atoms with Crippen molar-refractivity contribution in [1.29, 1.82) is 0 Å². The van der Waals surface area contributed by atoms with Gasteiger partial charge < -0.3 is 6.42 Å². The van der Waals surface area contributed by atoms with Gasteiger partial charge >= 0.3 is 0 Å². The fourth-order valence-corrected chi connectivity index (χ4v) is 3.53. The van der Waals surface area contributed by atoms with Crippen molar-refractivity contribution < 1.29 is 41.1 Å². The molecule has 2 nitrogen and oxygen atoms in total. The van der Waals surface area contributed by atoms with Gasteiger partial charge in [-0.15, -0.1) is 0 Å². The van der Waals surface area contributed by atoms with Gasteiger partial charge in [0, 0.05) is 32.7 Å². The van der Waals surface area contributed by atoms with Gasteiger partial charge in [0.2, 0.25) is 0 Å². The molecule has 0 amide bonds. The molecule has 0 saturated heterocycles. The van der Waals surface area contributed by atoms with Crippen LogP contribution in [0.15, 0.2) is 35.2 Å². The van der Waals surface area contributed by atoms with E-state index in [0.29, 0.717) is 4.90 Å². The van der Waals surface area contributed by atoms with Crippen molar-refractivity contribution in [2.45, 2.75) is 23.5 Å². The number of hydrogen-bond donors (Lipinski definition) is 0. The second kappa shape index (κ2) is 4.27. The van der Waals surface area contributed by atoms with Gasteiger partial charge in [-0.2, -0.15) is 5.92 Å². The molecule has 4 heteroatoms. The van der Waals surface area contributed by atoms with Crippen LogP contribution in [0.5, 0.6) is 0 Å². The summed E-state index contributed by atoms with van der Waals surface area (Å²) in [6.07, 6.45) is 1.87. The molecule has 2 atom stereocenters. The summed E-state index contributed by atoms with van der Waals surface area (Å²) in [4.78, 5) is 0.420. The van der Waals surface area contributed by atoms with E-state index in [9.17, 15) is 8.42 Å². The normalized spacial score (nSPS) is 29.3. The zero-order valence-corrected chi connectivity index (χ0v) is 12.5. The van der Waals surface area contributed by atoms with Crippen molar-refractivity contribution >= 4 is 9.84 Å². The van der Waals surface area contributed by atoms with Crippen LogP contribution in [-0.2, 0) is 42.5 Å². The number of sulfone groups is 1. The fraction of sp³-hybridized carbons (Fsp3) is 0.364. The fourth-order valence-electron chi connectivity index (χ4n) is 1.64. The van der Waals surface area contributed by atoms with Gasteiger partial charge in [-0.05, 0) is 12.1 Å². The summed E-state index contributed by atoms with van der Waals surface area (Å²) in [6.45, 7) is 3.71. The zero-order chi connectivity index (χ0) is 10.4. The smallest absolute Gasteiger partial charge is 0.153 e. The van der Waals surface area contributed by atoms with Gasteiger partial charge in [-0.25, -0.2) is 8.42 Å². The number of benzene rings is 1. The van der Waals surface area contributed by atoms with E-state index in [1.807, 2.05) is 19.4 Å². The van der Waals surface area contributed by atoms with Crippen LogP contribution in [0.3, 0.4) is 0 Å². The first-order valence-corrected chi connectivity index (χ1v) is 6.12. The number of rotatable bonds is 2. The third-order valence-corrected chi connectivity index (χ3v) is 5.57. The maximum atomic E-state index is 12.1. The van der Waals surface area contributed by atoms with Crippen molar-refractivity contribution in [3.8, 4) is 0 Å². The average molecular weight is 298 g/mol. The van der Waals surface area contributed by atoms with Crippen LogP contribution in [0.2, 0.25) is 0 Å². The summed E-state index contributed by atoms with van der Waals surface area (Å²) in [7, 11) is -3.17. The third-order valence-electron chi connectivity index (χ3n) is 3.01. The minimum absolute atomic E-state index is 0. The summed E-state index contributed by atoms with van der Waals surface area (Å²) in [5, 5.41) is 0. The molecule has 1 fully saturated rings. The molecule has 0 heterocycles. The molecule has 0 spiro atoms. The van der Waals surface area contributed by atoms with Gasteiger partial charge in [-0.1, -0.05) is 36.8 Å². The molecule has 1 aromatic rings. The maximum absolute atomic E-state index is 12.1. The van der Waals surface area contributed by atoms with Gasteiger partial charge in [0.15, 0.2) is 9.84 Å². The minimum atomic E-state index is -3.17. The molecule has 1 saturated carbocycles. The molecule has 0 N–H and O–H groups in total. The van der Waals surface area contributed by atoms with Gasteiger partial charge in [0.05, 0.1) is 4.90 Å². The maximum Gasteiger partial charge on any atom is 0.153 e. The molecule has 0 aliphatic heterocycles. The molecular weight excluding hydrogens is 285 g/mol. The Labute approximate surface area is 116 Å². The second-order valence-electron chi connectivity index (χ2n) is 3.96. The van der Waals surface area contributed by atoms with Crippen LogP contribution in [0, 0.1) is 12.3 Å². The summed E-state index contributed by atoms with van der Waals surface area (Å²) < 4.78 is 23.5. The van der Waals surface area contributed by atoms with E-state index in [-0.39, 0.29) is 38.6 Å². The first-order valence-electron chi connectivity index (χ1n) is 4.64. The molecule has 79 valence electrons. The van der Waals surface area contributed by atoms with Crippen LogP contribution in [0.4, 0.5) is 0 Å². The molecule has 1 radical (unpaired) electrons. The van der Waals surface area contributed by atoms with Crippen molar-refractivity contribution in [3.05, 3.63) is 36.8 Å². The molecule has 0 bridgehead atoms. The van der Waals surface area contributed by atoms with Crippen LogP contribution in [0.1, 0.15) is 13.8 Å². The first kappa shape index (κ1) is 13.3. The first-order chi connectivity index (χ1) is 6.48. The average Bonchev–Trinajstić information content (AvgIpc) is 2.78. The van der Waals surface area contributed by atoms with Crippen molar-refractivity contribution in [3.63, 3.8) is 0 Å². The zero-order valence-electron chi connectivity index (χ0n) is 8.84. The summed E-state index contributed by atoms with van der Waals surface area (Å²) in [5.74, 6) is 0.160. The van der Waals surface area contributed by atoms with Crippen molar-refractivity contribution in [2.75, 3.05) is 0 Å². The molecule has 0 aromatic heterocycles. The third kappa shape index (κ3) is 2.06. The second-order valence-corrected chi connectivity index (χ2v) is 6.31. The van der Waals surface area contributed by atoms with Crippen LogP contribution >= 0.6 is 0 Å². The predicted molar refractivity (Wildman–Crippen MR) is 55.5 cm³/mol. The minimum Gasteiger partial charge on any atom is -0.308 e. The van der Waals surface area contributed by atoms with E-state index < -0.39 is 14.6 Å². The largest absolute Gasteiger partial charge is 0.308 e. The Balaban J connectivity index is 0.00000112. The molecule has 15 heavy (non-hydrogen) atoms. The molecular formula is C11H13O2SY-. The van der Waals surface area contributed by atoms with E-state index in [4.69, 9.17) is 0 Å². The topological polar surface area (TPSA) is 34.1 Å². The van der Waals surface area contributed by atoms with Crippen molar-refractivity contribution in [2.24, 2.45) is 5.92 Å². The Kier molecular flexibility index (Phi) is 3.80. The van der Waals surface area contributed by atoms with Crippen LogP contribution < -0.4 is 0 Å². The molecule has 1 aliphatic carbocycles. The molecule has 2 rings (SSSR count). The van der Waals surface area contributed by atoms with Gasteiger partial charge in [0.1, 0.15) is 0 Å². The van der Waals surface area contributed by atoms with E-state index in [1.165, 1.54) is 0 Å². The Morgan fingerprint density at radius 1 is 1.27 bits per heavy atom. The molecule has 1 unspecified atom stereocenters. The van der Waals surface area contributed by atoms with Crippen molar-refractivity contribution in [1.82, 2.24) is 0 Å². The Morgan fingerprint density at radius 3 is 2.13 bits per heavy atom. The van der Waals surface area contributed by atoms with E-state index >= 15 is 0 Å². The number of hydrogen-bond acceptors (Lipinski definition) is 2. The summed E-state index contributed by atoms with van der Waals surface area (Å²) in [6, 6.07) is 8.63. The van der Waals surface area contributed by atoms with Gasteiger partial charge in [-0.3, -0.25) is 0 Å². The quantitative estimate of drug-likeness (QED) is 0.783. The Bertz CT molecular complexity index is 441.